The largest absolute Gasteiger partial charge is 0.359 e. The van der Waals surface area contributed by atoms with E-state index in [0.717, 1.165) is 31.2 Å². The molecule has 1 N–H and O–H groups in total. The molecule has 0 unspecified atom stereocenters. The summed E-state index contributed by atoms with van der Waals surface area (Å²) in [6.45, 7) is 9.17. The topological polar surface area (TPSA) is 33.1 Å². The molecule has 2 rings (SSSR count). The van der Waals surface area contributed by atoms with Gasteiger partial charge in [0.2, 0.25) is 0 Å². The molecule has 0 aliphatic carbocycles. The van der Waals surface area contributed by atoms with Gasteiger partial charge in [0.15, 0.2) is 5.11 Å². The average molecular weight is 328 g/mol. The number of nitrogens with zero attached hydrogens (tertiary/aromatic N) is 3. The van der Waals surface area contributed by atoms with Crippen LogP contribution < -0.4 is 5.32 Å². The van der Waals surface area contributed by atoms with Crippen molar-refractivity contribution in [2.75, 3.05) is 13.1 Å². The fraction of sp³-hybridized carbons (Fsp3) is 0.333. The monoisotopic (exact) mass is 328 g/mol. The number of aryl methyl sites for hydroxylation is 2. The molecular formula is C18H24N4S. The Balaban J connectivity index is 1.94. The van der Waals surface area contributed by atoms with Crippen molar-refractivity contribution in [1.29, 1.82) is 0 Å². The van der Waals surface area contributed by atoms with E-state index in [0.29, 0.717) is 6.54 Å². The van der Waals surface area contributed by atoms with Crippen LogP contribution >= 0.6 is 12.2 Å². The molecule has 4 nitrogen and oxygen atoms in total. The average Bonchev–Trinajstić information content (AvgIpc) is 3.07. The van der Waals surface area contributed by atoms with Gasteiger partial charge in [0.05, 0.1) is 6.33 Å². The van der Waals surface area contributed by atoms with Crippen LogP contribution in [0.15, 0.2) is 55.6 Å². The van der Waals surface area contributed by atoms with Gasteiger partial charge in [-0.2, -0.15) is 0 Å². The van der Waals surface area contributed by atoms with Crippen molar-refractivity contribution in [3.63, 3.8) is 0 Å². The summed E-state index contributed by atoms with van der Waals surface area (Å²) in [4.78, 5) is 6.28. The van der Waals surface area contributed by atoms with Crippen molar-refractivity contribution < 1.29 is 0 Å². The molecule has 0 amide bonds. The number of hydrogen-bond donors (Lipinski definition) is 1. The normalized spacial score (nSPS) is 10.3. The summed E-state index contributed by atoms with van der Waals surface area (Å²) >= 11 is 5.53. The van der Waals surface area contributed by atoms with Crippen LogP contribution in [0.3, 0.4) is 0 Å². The number of rotatable bonds is 8. The second kappa shape index (κ2) is 9.10. The maximum atomic E-state index is 5.53. The van der Waals surface area contributed by atoms with E-state index in [2.05, 4.69) is 57.5 Å². The molecule has 0 atom stereocenters. The second-order valence-electron chi connectivity index (χ2n) is 5.54. The summed E-state index contributed by atoms with van der Waals surface area (Å²) in [5, 5.41) is 4.00. The quantitative estimate of drug-likeness (QED) is 0.596. The Morgan fingerprint density at radius 3 is 2.83 bits per heavy atom. The van der Waals surface area contributed by atoms with E-state index in [1.807, 2.05) is 18.6 Å². The molecular weight excluding hydrogens is 304 g/mol. The Kier molecular flexibility index (Phi) is 6.81. The molecule has 0 spiro atoms. The van der Waals surface area contributed by atoms with Crippen molar-refractivity contribution in [3.8, 4) is 0 Å². The van der Waals surface area contributed by atoms with Crippen LogP contribution in [0.25, 0.3) is 0 Å². The highest BCUT2D eigenvalue weighted by Gasteiger charge is 2.09. The highest BCUT2D eigenvalue weighted by atomic mass is 32.1. The van der Waals surface area contributed by atoms with Crippen molar-refractivity contribution in [2.24, 2.45) is 0 Å². The summed E-state index contributed by atoms with van der Waals surface area (Å²) in [5.41, 5.74) is 2.54. The lowest BCUT2D eigenvalue weighted by Crippen LogP contribution is -2.40. The summed E-state index contributed by atoms with van der Waals surface area (Å²) in [7, 11) is 0. The van der Waals surface area contributed by atoms with Crippen LogP contribution in [0.1, 0.15) is 17.5 Å². The maximum absolute atomic E-state index is 5.53. The van der Waals surface area contributed by atoms with Crippen LogP contribution in [0, 0.1) is 6.92 Å². The first-order chi connectivity index (χ1) is 11.2. The summed E-state index contributed by atoms with van der Waals surface area (Å²) in [6.07, 6.45) is 8.47. The van der Waals surface area contributed by atoms with Gasteiger partial charge >= 0.3 is 0 Å². The third-order valence-corrected chi connectivity index (χ3v) is 3.98. The van der Waals surface area contributed by atoms with Gasteiger partial charge in [0.25, 0.3) is 0 Å². The molecule has 1 aromatic heterocycles. The minimum Gasteiger partial charge on any atom is -0.359 e. The van der Waals surface area contributed by atoms with Crippen LogP contribution in [-0.2, 0) is 13.1 Å². The SMILES string of the molecule is C=CCNC(=S)N(CCCn1ccnc1)Cc1ccc(C)cc1. The molecule has 0 aliphatic rings. The fourth-order valence-corrected chi connectivity index (χ4v) is 2.54. The van der Waals surface area contributed by atoms with Crippen molar-refractivity contribution in [2.45, 2.75) is 26.4 Å². The lowest BCUT2D eigenvalue weighted by atomic mass is 10.1. The van der Waals surface area contributed by atoms with Crippen LogP contribution in [0.4, 0.5) is 0 Å². The van der Waals surface area contributed by atoms with Gasteiger partial charge in [-0.05, 0) is 31.1 Å². The molecule has 0 saturated heterocycles. The molecule has 2 aromatic rings. The number of hydrogen-bond acceptors (Lipinski definition) is 2. The Hall–Kier alpha value is -2.14. The van der Waals surface area contributed by atoms with Crippen molar-refractivity contribution in [1.82, 2.24) is 19.8 Å². The van der Waals surface area contributed by atoms with Gasteiger partial charge in [-0.15, -0.1) is 6.58 Å². The van der Waals surface area contributed by atoms with E-state index in [1.54, 1.807) is 6.20 Å². The smallest absolute Gasteiger partial charge is 0.169 e. The minimum atomic E-state index is 0.685. The molecule has 0 fully saturated rings. The first-order valence-corrected chi connectivity index (χ1v) is 8.25. The first-order valence-electron chi connectivity index (χ1n) is 7.84. The molecule has 0 saturated carbocycles. The summed E-state index contributed by atoms with van der Waals surface area (Å²) in [6, 6.07) is 8.60. The zero-order valence-corrected chi connectivity index (χ0v) is 14.4. The van der Waals surface area contributed by atoms with E-state index in [1.165, 1.54) is 11.1 Å². The van der Waals surface area contributed by atoms with Crippen molar-refractivity contribution >= 4 is 17.3 Å². The Morgan fingerprint density at radius 2 is 2.17 bits per heavy atom. The highest BCUT2D eigenvalue weighted by molar-refractivity contribution is 7.80. The molecule has 0 bridgehead atoms. The summed E-state index contributed by atoms with van der Waals surface area (Å²) in [5.74, 6) is 0. The van der Waals surface area contributed by atoms with E-state index in [9.17, 15) is 0 Å². The molecule has 0 aliphatic heterocycles. The third-order valence-electron chi connectivity index (χ3n) is 3.58. The van der Waals surface area contributed by atoms with Crippen molar-refractivity contribution in [3.05, 3.63) is 66.8 Å². The second-order valence-corrected chi connectivity index (χ2v) is 5.92. The molecule has 5 heteroatoms. The zero-order chi connectivity index (χ0) is 16.5. The van der Waals surface area contributed by atoms with Gasteiger partial charge in [-0.3, -0.25) is 0 Å². The molecule has 0 radical (unpaired) electrons. The molecule has 1 heterocycles. The minimum absolute atomic E-state index is 0.685. The lowest BCUT2D eigenvalue weighted by molar-refractivity contribution is 0.386. The maximum Gasteiger partial charge on any atom is 0.169 e. The van der Waals surface area contributed by atoms with E-state index in [-0.39, 0.29) is 0 Å². The predicted octanol–water partition coefficient (Wildman–Crippen LogP) is 3.14. The van der Waals surface area contributed by atoms with Crippen LogP contribution in [0.2, 0.25) is 0 Å². The van der Waals surface area contributed by atoms with Crippen LogP contribution in [0.5, 0.6) is 0 Å². The van der Waals surface area contributed by atoms with Gasteiger partial charge in [0, 0.05) is 38.6 Å². The fourth-order valence-electron chi connectivity index (χ4n) is 2.30. The number of aromatic nitrogens is 2. The molecule has 122 valence electrons. The summed E-state index contributed by atoms with van der Waals surface area (Å²) < 4.78 is 2.09. The van der Waals surface area contributed by atoms with Gasteiger partial charge in [0.1, 0.15) is 0 Å². The number of imidazole rings is 1. The highest BCUT2D eigenvalue weighted by Crippen LogP contribution is 2.08. The van der Waals surface area contributed by atoms with Gasteiger partial charge in [-0.25, -0.2) is 4.98 Å². The molecule has 1 aromatic carbocycles. The Bertz CT molecular complexity index is 604. The number of nitrogens with one attached hydrogen (secondary N) is 1. The Morgan fingerprint density at radius 1 is 1.39 bits per heavy atom. The molecule has 23 heavy (non-hydrogen) atoms. The van der Waals surface area contributed by atoms with Gasteiger partial charge < -0.3 is 14.8 Å². The lowest BCUT2D eigenvalue weighted by Gasteiger charge is -2.26. The first kappa shape index (κ1) is 17.2. The van der Waals surface area contributed by atoms with E-state index >= 15 is 0 Å². The van der Waals surface area contributed by atoms with Crippen LogP contribution in [-0.4, -0.2) is 32.7 Å². The standard InChI is InChI=1S/C18H24N4S/c1-3-9-20-18(23)22(12-4-11-21-13-10-19-15-21)14-17-7-5-16(2)6-8-17/h3,5-8,10,13,15H,1,4,9,11-12,14H2,2H3,(H,20,23). The Labute approximate surface area is 143 Å². The number of thiocarbonyl (C=S) groups is 1. The van der Waals surface area contributed by atoms with E-state index < -0.39 is 0 Å². The zero-order valence-electron chi connectivity index (χ0n) is 13.6. The third kappa shape index (κ3) is 5.87. The van der Waals surface area contributed by atoms with E-state index in [4.69, 9.17) is 12.2 Å². The number of benzene rings is 1. The predicted molar refractivity (Wildman–Crippen MR) is 99.2 cm³/mol. The van der Waals surface area contributed by atoms with Gasteiger partial charge in [-0.1, -0.05) is 35.9 Å².